The standard InChI is InChI=1S/C10H19N3OS2/c1-11-8-13(9-16-10(11)15)3-2-12-4-6-14-7-5-12/h2-9H2,1H3. The van der Waals surface area contributed by atoms with Crippen LogP contribution in [0.1, 0.15) is 0 Å². The predicted octanol–water partition coefficient (Wildman–Crippen LogP) is 0.499. The van der Waals surface area contributed by atoms with Crippen LogP contribution in [0.25, 0.3) is 0 Å². The van der Waals surface area contributed by atoms with Gasteiger partial charge in [0.15, 0.2) is 0 Å². The molecule has 0 N–H and O–H groups in total. The quantitative estimate of drug-likeness (QED) is 0.684. The highest BCUT2D eigenvalue weighted by molar-refractivity contribution is 8.22. The summed E-state index contributed by atoms with van der Waals surface area (Å²) in [6.07, 6.45) is 0. The van der Waals surface area contributed by atoms with Crippen molar-refractivity contribution in [2.24, 2.45) is 0 Å². The molecule has 2 fully saturated rings. The van der Waals surface area contributed by atoms with Crippen molar-refractivity contribution in [3.05, 3.63) is 0 Å². The molecule has 0 bridgehead atoms. The molecule has 0 unspecified atom stereocenters. The molecular formula is C10H19N3OS2. The van der Waals surface area contributed by atoms with Crippen molar-refractivity contribution in [3.63, 3.8) is 0 Å². The minimum atomic E-state index is 0.888. The number of rotatable bonds is 3. The van der Waals surface area contributed by atoms with Crippen LogP contribution < -0.4 is 0 Å². The van der Waals surface area contributed by atoms with Gasteiger partial charge >= 0.3 is 0 Å². The van der Waals surface area contributed by atoms with Gasteiger partial charge in [-0.1, -0.05) is 24.0 Å². The van der Waals surface area contributed by atoms with Crippen LogP contribution in [0.3, 0.4) is 0 Å². The Morgan fingerprint density at radius 1 is 1.25 bits per heavy atom. The van der Waals surface area contributed by atoms with E-state index in [1.54, 1.807) is 11.8 Å². The molecule has 92 valence electrons. The second kappa shape index (κ2) is 6.16. The topological polar surface area (TPSA) is 19.0 Å². The summed E-state index contributed by atoms with van der Waals surface area (Å²) >= 11 is 6.99. The molecule has 2 heterocycles. The molecule has 0 aromatic heterocycles. The monoisotopic (exact) mass is 261 g/mol. The van der Waals surface area contributed by atoms with Crippen LogP contribution in [0.15, 0.2) is 0 Å². The summed E-state index contributed by atoms with van der Waals surface area (Å²) in [6, 6.07) is 0. The van der Waals surface area contributed by atoms with Gasteiger partial charge in [-0.2, -0.15) is 0 Å². The van der Waals surface area contributed by atoms with Crippen LogP contribution in [0.4, 0.5) is 0 Å². The Bertz CT molecular complexity index is 246. The molecule has 4 nitrogen and oxygen atoms in total. The van der Waals surface area contributed by atoms with E-state index < -0.39 is 0 Å². The number of thiocarbonyl (C=S) groups is 1. The highest BCUT2D eigenvalue weighted by Crippen LogP contribution is 2.16. The molecular weight excluding hydrogens is 242 g/mol. The smallest absolute Gasteiger partial charge is 0.138 e. The summed E-state index contributed by atoms with van der Waals surface area (Å²) in [4.78, 5) is 7.06. The lowest BCUT2D eigenvalue weighted by molar-refractivity contribution is 0.0329. The molecule has 0 aliphatic carbocycles. The van der Waals surface area contributed by atoms with Gasteiger partial charge in [0.25, 0.3) is 0 Å². The molecule has 2 rings (SSSR count). The van der Waals surface area contributed by atoms with E-state index in [4.69, 9.17) is 17.0 Å². The van der Waals surface area contributed by atoms with Crippen LogP contribution in [0.5, 0.6) is 0 Å². The van der Waals surface area contributed by atoms with Gasteiger partial charge in [-0.3, -0.25) is 9.80 Å². The van der Waals surface area contributed by atoms with Crippen LogP contribution in [0.2, 0.25) is 0 Å². The minimum Gasteiger partial charge on any atom is -0.379 e. The van der Waals surface area contributed by atoms with Crippen molar-refractivity contribution in [3.8, 4) is 0 Å². The van der Waals surface area contributed by atoms with E-state index in [9.17, 15) is 0 Å². The Morgan fingerprint density at radius 2 is 1.94 bits per heavy atom. The molecule has 0 radical (unpaired) electrons. The molecule has 2 aliphatic rings. The Morgan fingerprint density at radius 3 is 2.62 bits per heavy atom. The molecule has 0 atom stereocenters. The maximum absolute atomic E-state index is 5.34. The van der Waals surface area contributed by atoms with Gasteiger partial charge in [-0.25, -0.2) is 0 Å². The Kier molecular flexibility index (Phi) is 4.84. The van der Waals surface area contributed by atoms with E-state index in [0.29, 0.717) is 0 Å². The van der Waals surface area contributed by atoms with E-state index >= 15 is 0 Å². The fourth-order valence-electron chi connectivity index (χ4n) is 1.90. The lowest BCUT2D eigenvalue weighted by Gasteiger charge is -2.36. The second-order valence-electron chi connectivity index (χ2n) is 4.23. The van der Waals surface area contributed by atoms with Gasteiger partial charge in [-0.15, -0.1) is 0 Å². The summed E-state index contributed by atoms with van der Waals surface area (Å²) in [7, 11) is 2.07. The fraction of sp³-hybridized carbons (Fsp3) is 0.900. The van der Waals surface area contributed by atoms with Crippen molar-refractivity contribution in [2.75, 3.05) is 59.0 Å². The van der Waals surface area contributed by atoms with Crippen LogP contribution in [-0.2, 0) is 4.74 Å². The summed E-state index contributed by atoms with van der Waals surface area (Å²) in [5.41, 5.74) is 0. The first kappa shape index (κ1) is 12.6. The number of thioether (sulfide) groups is 1. The van der Waals surface area contributed by atoms with Gasteiger partial charge in [0.05, 0.1) is 25.8 Å². The lowest BCUT2D eigenvalue weighted by atomic mass is 10.4. The highest BCUT2D eigenvalue weighted by atomic mass is 32.2. The molecule has 6 heteroatoms. The van der Waals surface area contributed by atoms with Gasteiger partial charge < -0.3 is 9.64 Å². The molecule has 16 heavy (non-hydrogen) atoms. The van der Waals surface area contributed by atoms with E-state index in [0.717, 1.165) is 56.3 Å². The first-order valence-electron chi connectivity index (χ1n) is 5.66. The normalized spacial score (nSPS) is 25.1. The van der Waals surface area contributed by atoms with Crippen molar-refractivity contribution in [1.82, 2.24) is 14.7 Å². The highest BCUT2D eigenvalue weighted by Gasteiger charge is 2.19. The maximum atomic E-state index is 5.34. The summed E-state index contributed by atoms with van der Waals surface area (Å²) < 4.78 is 6.35. The average Bonchev–Trinajstić information content (AvgIpc) is 2.32. The zero-order valence-electron chi connectivity index (χ0n) is 9.72. The first-order chi connectivity index (χ1) is 7.75. The SMILES string of the molecule is CN1CN(CCN2CCOCC2)CSC1=S. The zero-order chi connectivity index (χ0) is 11.4. The van der Waals surface area contributed by atoms with Gasteiger partial charge in [0, 0.05) is 33.2 Å². The molecule has 0 amide bonds. The van der Waals surface area contributed by atoms with Gasteiger partial charge in [0.1, 0.15) is 4.32 Å². The van der Waals surface area contributed by atoms with Gasteiger partial charge in [-0.05, 0) is 0 Å². The first-order valence-corrected chi connectivity index (χ1v) is 7.05. The third-order valence-corrected chi connectivity index (χ3v) is 4.65. The molecule has 2 aliphatic heterocycles. The number of morpholine rings is 1. The van der Waals surface area contributed by atoms with Crippen molar-refractivity contribution in [2.45, 2.75) is 0 Å². The Balaban J connectivity index is 1.67. The zero-order valence-corrected chi connectivity index (χ0v) is 11.4. The molecule has 0 saturated carbocycles. The molecule has 2 saturated heterocycles. The van der Waals surface area contributed by atoms with Crippen LogP contribution in [-0.4, -0.2) is 78.0 Å². The maximum Gasteiger partial charge on any atom is 0.138 e. The summed E-state index contributed by atoms with van der Waals surface area (Å²) in [6.45, 7) is 7.17. The molecule has 0 aromatic carbocycles. The van der Waals surface area contributed by atoms with Crippen molar-refractivity contribution in [1.29, 1.82) is 0 Å². The van der Waals surface area contributed by atoms with E-state index in [-0.39, 0.29) is 0 Å². The Hall–Kier alpha value is 0.120. The number of nitrogens with zero attached hydrogens (tertiary/aromatic N) is 3. The third-order valence-electron chi connectivity index (χ3n) is 2.93. The number of hydrogen-bond acceptors (Lipinski definition) is 5. The van der Waals surface area contributed by atoms with Crippen LogP contribution in [0, 0.1) is 0 Å². The number of hydrogen-bond donors (Lipinski definition) is 0. The third kappa shape index (κ3) is 3.56. The van der Waals surface area contributed by atoms with E-state index in [1.165, 1.54) is 0 Å². The minimum absolute atomic E-state index is 0.888. The number of ether oxygens (including phenoxy) is 1. The van der Waals surface area contributed by atoms with E-state index in [1.807, 2.05) is 0 Å². The fourth-order valence-corrected chi connectivity index (χ4v) is 2.90. The molecule has 0 aromatic rings. The predicted molar refractivity (Wildman–Crippen MR) is 71.7 cm³/mol. The largest absolute Gasteiger partial charge is 0.379 e. The van der Waals surface area contributed by atoms with Gasteiger partial charge in [0.2, 0.25) is 0 Å². The van der Waals surface area contributed by atoms with E-state index in [2.05, 4.69) is 21.7 Å². The second-order valence-corrected chi connectivity index (χ2v) is 5.81. The average molecular weight is 261 g/mol. The van der Waals surface area contributed by atoms with Crippen molar-refractivity contribution >= 4 is 28.3 Å². The summed E-state index contributed by atoms with van der Waals surface area (Å²) in [5.74, 6) is 1.04. The lowest BCUT2D eigenvalue weighted by Crippen LogP contribution is -2.47. The van der Waals surface area contributed by atoms with Crippen LogP contribution >= 0.6 is 24.0 Å². The summed E-state index contributed by atoms with van der Waals surface area (Å²) in [5, 5.41) is 0. The molecule has 0 spiro atoms. The Labute approximate surface area is 107 Å². The van der Waals surface area contributed by atoms with Crippen molar-refractivity contribution < 1.29 is 4.74 Å².